The first-order valence-corrected chi connectivity index (χ1v) is 6.69. The van der Waals surface area contributed by atoms with Gasteiger partial charge in [-0.15, -0.1) is 0 Å². The minimum Gasteiger partial charge on any atom is -0.508 e. The van der Waals surface area contributed by atoms with Gasteiger partial charge in [-0.05, 0) is 24.3 Å². The molecule has 22 heavy (non-hydrogen) atoms. The van der Waals surface area contributed by atoms with Crippen LogP contribution in [0.2, 0.25) is 0 Å². The number of carbonyl (C=O) groups excluding carboxylic acids is 1. The van der Waals surface area contributed by atoms with Crippen molar-refractivity contribution in [3.05, 3.63) is 72.0 Å². The summed E-state index contributed by atoms with van der Waals surface area (Å²) in [7, 11) is 0. The van der Waals surface area contributed by atoms with Crippen molar-refractivity contribution < 1.29 is 19.2 Å². The van der Waals surface area contributed by atoms with E-state index < -0.39 is 5.97 Å². The van der Waals surface area contributed by atoms with Gasteiger partial charge in [0.05, 0.1) is 5.56 Å². The Morgan fingerprint density at radius 3 is 2.55 bits per heavy atom. The van der Waals surface area contributed by atoms with Crippen molar-refractivity contribution in [2.45, 2.75) is 6.61 Å². The highest BCUT2D eigenvalue weighted by Crippen LogP contribution is 2.19. The molecule has 0 unspecified atom stereocenters. The second-order valence-corrected chi connectivity index (χ2v) is 4.67. The summed E-state index contributed by atoms with van der Waals surface area (Å²) in [5.41, 5.74) is 1.99. The largest absolute Gasteiger partial charge is 0.508 e. The summed E-state index contributed by atoms with van der Waals surface area (Å²) < 4.78 is 10.3. The van der Waals surface area contributed by atoms with E-state index in [1.165, 1.54) is 24.3 Å². The van der Waals surface area contributed by atoms with Gasteiger partial charge < -0.3 is 14.4 Å². The molecule has 0 aliphatic rings. The average Bonchev–Trinajstić information content (AvgIpc) is 3.03. The van der Waals surface area contributed by atoms with E-state index in [1.54, 1.807) is 6.07 Å². The van der Waals surface area contributed by atoms with Crippen LogP contribution in [0.15, 0.2) is 65.2 Å². The number of phenolic OH excluding ortho intramolecular Hbond substituents is 1. The number of benzene rings is 2. The highest BCUT2D eigenvalue weighted by Gasteiger charge is 2.11. The Labute approximate surface area is 126 Å². The number of rotatable bonds is 4. The first-order chi connectivity index (χ1) is 10.7. The summed E-state index contributed by atoms with van der Waals surface area (Å²) in [4.78, 5) is 11.8. The van der Waals surface area contributed by atoms with Crippen LogP contribution >= 0.6 is 0 Å². The van der Waals surface area contributed by atoms with Crippen molar-refractivity contribution in [2.24, 2.45) is 0 Å². The first kappa shape index (κ1) is 13.9. The fraction of sp³-hybridized carbons (Fsp3) is 0.0588. The van der Waals surface area contributed by atoms with Crippen LogP contribution in [0.4, 0.5) is 0 Å². The molecule has 0 aliphatic carbocycles. The molecule has 1 aromatic heterocycles. The molecule has 0 aliphatic heterocycles. The zero-order valence-corrected chi connectivity index (χ0v) is 11.6. The molecule has 5 heteroatoms. The SMILES string of the molecule is O=C(OCc1cc(-c2ccccc2)no1)c1ccc(O)cc1. The molecule has 0 bridgehead atoms. The molecule has 1 N–H and O–H groups in total. The number of hydrogen-bond donors (Lipinski definition) is 1. The Kier molecular flexibility index (Phi) is 3.87. The van der Waals surface area contributed by atoms with Gasteiger partial charge >= 0.3 is 5.97 Å². The third-order valence-electron chi connectivity index (χ3n) is 3.08. The molecule has 0 saturated carbocycles. The minimum atomic E-state index is -0.488. The van der Waals surface area contributed by atoms with Gasteiger partial charge in [-0.2, -0.15) is 0 Å². The summed E-state index contributed by atoms with van der Waals surface area (Å²) >= 11 is 0. The lowest BCUT2D eigenvalue weighted by molar-refractivity contribution is 0.0437. The molecule has 2 aromatic carbocycles. The molecule has 0 spiro atoms. The third-order valence-corrected chi connectivity index (χ3v) is 3.08. The van der Waals surface area contributed by atoms with Crippen LogP contribution in [-0.2, 0) is 11.3 Å². The maximum atomic E-state index is 11.8. The Bertz CT molecular complexity index is 763. The fourth-order valence-electron chi connectivity index (χ4n) is 1.94. The summed E-state index contributed by atoms with van der Waals surface area (Å²) in [6.07, 6.45) is 0. The van der Waals surface area contributed by atoms with Crippen molar-refractivity contribution in [2.75, 3.05) is 0 Å². The van der Waals surface area contributed by atoms with Gasteiger partial charge in [0.1, 0.15) is 11.4 Å². The normalized spacial score (nSPS) is 10.4. The number of phenols is 1. The van der Waals surface area contributed by atoms with Gasteiger partial charge in [0.2, 0.25) is 0 Å². The monoisotopic (exact) mass is 295 g/mol. The second kappa shape index (κ2) is 6.13. The zero-order valence-electron chi connectivity index (χ0n) is 11.6. The maximum absolute atomic E-state index is 11.8. The van der Waals surface area contributed by atoms with Crippen LogP contribution in [0.1, 0.15) is 16.1 Å². The van der Waals surface area contributed by atoms with Gasteiger partial charge in [0.15, 0.2) is 12.4 Å². The van der Waals surface area contributed by atoms with Gasteiger partial charge in [0.25, 0.3) is 0 Å². The molecule has 0 saturated heterocycles. The molecule has 3 rings (SSSR count). The van der Waals surface area contributed by atoms with Gasteiger partial charge in [-0.1, -0.05) is 35.5 Å². The topological polar surface area (TPSA) is 72.6 Å². The van der Waals surface area contributed by atoms with Crippen LogP contribution in [0.25, 0.3) is 11.3 Å². The van der Waals surface area contributed by atoms with E-state index in [0.29, 0.717) is 17.0 Å². The molecular formula is C17H13NO4. The lowest BCUT2D eigenvalue weighted by Crippen LogP contribution is -2.04. The van der Waals surface area contributed by atoms with Gasteiger partial charge in [-0.3, -0.25) is 0 Å². The van der Waals surface area contributed by atoms with Crippen LogP contribution < -0.4 is 0 Å². The Morgan fingerprint density at radius 1 is 1.09 bits per heavy atom. The number of hydrogen-bond acceptors (Lipinski definition) is 5. The number of aromatic nitrogens is 1. The number of nitrogens with zero attached hydrogens (tertiary/aromatic N) is 1. The molecule has 3 aromatic rings. The standard InChI is InChI=1S/C17H13NO4/c19-14-8-6-13(7-9-14)17(20)21-11-15-10-16(18-22-15)12-4-2-1-3-5-12/h1-10,19H,11H2. The fourth-order valence-corrected chi connectivity index (χ4v) is 1.94. The number of esters is 1. The van der Waals surface area contributed by atoms with E-state index >= 15 is 0 Å². The average molecular weight is 295 g/mol. The lowest BCUT2D eigenvalue weighted by Gasteiger charge is -2.02. The predicted octanol–water partition coefficient (Wildman–Crippen LogP) is 3.40. The first-order valence-electron chi connectivity index (χ1n) is 6.69. The minimum absolute atomic E-state index is 0.000453. The summed E-state index contributed by atoms with van der Waals surface area (Å²) in [5, 5.41) is 13.1. The third kappa shape index (κ3) is 3.15. The smallest absolute Gasteiger partial charge is 0.338 e. The Balaban J connectivity index is 1.64. The van der Waals surface area contributed by atoms with E-state index in [4.69, 9.17) is 9.26 Å². The summed E-state index contributed by atoms with van der Waals surface area (Å²) in [6, 6.07) is 17.2. The molecular weight excluding hydrogens is 282 g/mol. The van der Waals surface area contributed by atoms with Gasteiger partial charge in [-0.25, -0.2) is 4.79 Å². The molecule has 1 heterocycles. The van der Waals surface area contributed by atoms with E-state index in [1.807, 2.05) is 30.3 Å². The zero-order chi connectivity index (χ0) is 15.4. The maximum Gasteiger partial charge on any atom is 0.338 e. The summed E-state index contributed by atoms with van der Waals surface area (Å²) in [5.74, 6) is 0.0722. The van der Waals surface area contributed by atoms with Crippen molar-refractivity contribution in [1.29, 1.82) is 0 Å². The van der Waals surface area contributed by atoms with Crippen molar-refractivity contribution in [1.82, 2.24) is 5.16 Å². The quantitative estimate of drug-likeness (QED) is 0.747. The number of ether oxygens (including phenoxy) is 1. The van der Waals surface area contributed by atoms with E-state index in [0.717, 1.165) is 5.56 Å². The van der Waals surface area contributed by atoms with Crippen molar-refractivity contribution >= 4 is 5.97 Å². The van der Waals surface area contributed by atoms with Crippen molar-refractivity contribution in [3.8, 4) is 17.0 Å². The molecule has 0 radical (unpaired) electrons. The molecule has 0 atom stereocenters. The lowest BCUT2D eigenvalue weighted by atomic mass is 10.1. The molecule has 0 fully saturated rings. The highest BCUT2D eigenvalue weighted by molar-refractivity contribution is 5.89. The molecule has 110 valence electrons. The van der Waals surface area contributed by atoms with Crippen molar-refractivity contribution in [3.63, 3.8) is 0 Å². The molecule has 0 amide bonds. The van der Waals surface area contributed by atoms with Crippen LogP contribution in [0, 0.1) is 0 Å². The van der Waals surface area contributed by atoms with Crippen LogP contribution in [0.3, 0.4) is 0 Å². The predicted molar refractivity (Wildman–Crippen MR) is 79.2 cm³/mol. The summed E-state index contributed by atoms with van der Waals surface area (Å²) in [6.45, 7) is -0.000453. The van der Waals surface area contributed by atoms with Gasteiger partial charge in [0, 0.05) is 11.6 Å². The second-order valence-electron chi connectivity index (χ2n) is 4.67. The Morgan fingerprint density at radius 2 is 1.82 bits per heavy atom. The Hall–Kier alpha value is -3.08. The number of carbonyl (C=O) groups is 1. The van der Waals surface area contributed by atoms with E-state index in [2.05, 4.69) is 5.16 Å². The van der Waals surface area contributed by atoms with Crippen LogP contribution in [0.5, 0.6) is 5.75 Å². The highest BCUT2D eigenvalue weighted by atomic mass is 16.5. The molecule has 5 nitrogen and oxygen atoms in total. The number of aromatic hydroxyl groups is 1. The van der Waals surface area contributed by atoms with E-state index in [9.17, 15) is 9.90 Å². The van der Waals surface area contributed by atoms with Crippen LogP contribution in [-0.4, -0.2) is 16.2 Å². The van der Waals surface area contributed by atoms with E-state index in [-0.39, 0.29) is 12.4 Å².